The van der Waals surface area contributed by atoms with E-state index in [4.69, 9.17) is 5.11 Å². The molecule has 0 saturated heterocycles. The number of hydrogen-bond acceptors (Lipinski definition) is 3. The van der Waals surface area contributed by atoms with Crippen molar-refractivity contribution >= 4 is 6.03 Å². The minimum Gasteiger partial charge on any atom is -0.395 e. The van der Waals surface area contributed by atoms with E-state index in [0.717, 1.165) is 18.4 Å². The highest BCUT2D eigenvalue weighted by Gasteiger charge is 2.32. The Kier molecular flexibility index (Phi) is 3.86. The number of amides is 2. The molecule has 100 valence electrons. The molecule has 1 saturated carbocycles. The number of urea groups is 1. The summed E-state index contributed by atoms with van der Waals surface area (Å²) in [5.74, 6) is 0. The fourth-order valence-corrected chi connectivity index (χ4v) is 1.96. The number of carbonyl (C=O) groups excluding carboxylic acids is 1. The van der Waals surface area contributed by atoms with E-state index in [1.54, 1.807) is 15.8 Å². The third-order valence-electron chi connectivity index (χ3n) is 3.15. The van der Waals surface area contributed by atoms with Gasteiger partial charge < -0.3 is 15.3 Å². The number of aliphatic hydroxyl groups excluding tert-OH is 1. The van der Waals surface area contributed by atoms with Crippen LogP contribution >= 0.6 is 0 Å². The van der Waals surface area contributed by atoms with Crippen molar-refractivity contribution in [2.75, 3.05) is 13.2 Å². The van der Waals surface area contributed by atoms with Gasteiger partial charge >= 0.3 is 6.03 Å². The van der Waals surface area contributed by atoms with Gasteiger partial charge in [-0.25, -0.2) is 4.79 Å². The summed E-state index contributed by atoms with van der Waals surface area (Å²) >= 11 is 0. The number of aryl methyl sites for hydroxylation is 1. The van der Waals surface area contributed by atoms with E-state index in [2.05, 4.69) is 10.4 Å². The van der Waals surface area contributed by atoms with Gasteiger partial charge in [-0.1, -0.05) is 0 Å². The van der Waals surface area contributed by atoms with Gasteiger partial charge in [-0.3, -0.25) is 4.68 Å². The van der Waals surface area contributed by atoms with Crippen LogP contribution in [-0.4, -0.2) is 45.0 Å². The Hall–Kier alpha value is -1.56. The monoisotopic (exact) mass is 252 g/mol. The number of nitrogens with zero attached hydrogens (tertiary/aromatic N) is 3. The summed E-state index contributed by atoms with van der Waals surface area (Å²) in [6, 6.07) is 0.118. The Balaban J connectivity index is 1.93. The van der Waals surface area contributed by atoms with E-state index < -0.39 is 0 Å². The average Bonchev–Trinajstić information content (AvgIpc) is 3.07. The second-order valence-corrected chi connectivity index (χ2v) is 4.77. The summed E-state index contributed by atoms with van der Waals surface area (Å²) in [5, 5.41) is 16.0. The molecule has 0 aromatic carbocycles. The summed E-state index contributed by atoms with van der Waals surface area (Å²) in [6.07, 6.45) is 5.71. The molecule has 1 aliphatic rings. The molecule has 2 amide bonds. The van der Waals surface area contributed by atoms with Crippen LogP contribution in [0.3, 0.4) is 0 Å². The molecule has 1 unspecified atom stereocenters. The fourth-order valence-electron chi connectivity index (χ4n) is 1.96. The van der Waals surface area contributed by atoms with Crippen LogP contribution in [0.25, 0.3) is 0 Å². The van der Waals surface area contributed by atoms with E-state index in [-0.39, 0.29) is 18.7 Å². The summed E-state index contributed by atoms with van der Waals surface area (Å²) in [5.41, 5.74) is 0.977. The predicted octanol–water partition coefficient (Wildman–Crippen LogP) is 0.647. The van der Waals surface area contributed by atoms with Gasteiger partial charge in [-0.05, 0) is 19.8 Å². The highest BCUT2D eigenvalue weighted by Crippen LogP contribution is 2.26. The van der Waals surface area contributed by atoms with Gasteiger partial charge in [0.05, 0.1) is 18.8 Å². The molecule has 6 nitrogen and oxygen atoms in total. The quantitative estimate of drug-likeness (QED) is 0.808. The average molecular weight is 252 g/mol. The van der Waals surface area contributed by atoms with Gasteiger partial charge in [0, 0.05) is 31.4 Å². The smallest absolute Gasteiger partial charge is 0.318 e. The third kappa shape index (κ3) is 3.01. The topological polar surface area (TPSA) is 70.4 Å². The minimum atomic E-state index is -0.108. The fraction of sp³-hybridized carbons (Fsp3) is 0.667. The summed E-state index contributed by atoms with van der Waals surface area (Å²) in [4.78, 5) is 13.8. The lowest BCUT2D eigenvalue weighted by atomic mass is 10.2. The highest BCUT2D eigenvalue weighted by molar-refractivity contribution is 5.75. The van der Waals surface area contributed by atoms with Crippen molar-refractivity contribution in [3.63, 3.8) is 0 Å². The van der Waals surface area contributed by atoms with E-state index in [9.17, 15) is 4.79 Å². The molecule has 1 heterocycles. The van der Waals surface area contributed by atoms with Crippen molar-refractivity contribution in [3.8, 4) is 0 Å². The first-order valence-corrected chi connectivity index (χ1v) is 6.28. The van der Waals surface area contributed by atoms with Gasteiger partial charge in [-0.15, -0.1) is 0 Å². The van der Waals surface area contributed by atoms with Crippen LogP contribution in [0, 0.1) is 0 Å². The summed E-state index contributed by atoms with van der Waals surface area (Å²) in [7, 11) is 1.85. The van der Waals surface area contributed by atoms with Crippen molar-refractivity contribution in [3.05, 3.63) is 18.0 Å². The third-order valence-corrected chi connectivity index (χ3v) is 3.15. The first-order valence-electron chi connectivity index (χ1n) is 6.28. The number of nitrogens with one attached hydrogen (secondary N) is 1. The molecular formula is C12H20N4O2. The normalized spacial score (nSPS) is 16.4. The van der Waals surface area contributed by atoms with Crippen LogP contribution in [0.1, 0.15) is 31.4 Å². The van der Waals surface area contributed by atoms with Crippen molar-refractivity contribution < 1.29 is 9.90 Å². The maximum atomic E-state index is 12.1. The number of aromatic nitrogens is 2. The second-order valence-electron chi connectivity index (χ2n) is 4.77. The molecule has 1 atom stereocenters. The van der Waals surface area contributed by atoms with E-state index in [1.165, 1.54) is 0 Å². The van der Waals surface area contributed by atoms with E-state index in [1.807, 2.05) is 20.2 Å². The predicted molar refractivity (Wildman–Crippen MR) is 67.0 cm³/mol. The maximum Gasteiger partial charge on any atom is 0.318 e. The van der Waals surface area contributed by atoms with E-state index in [0.29, 0.717) is 12.6 Å². The van der Waals surface area contributed by atoms with Gasteiger partial charge in [0.25, 0.3) is 0 Å². The molecule has 1 fully saturated rings. The molecule has 2 rings (SSSR count). The molecule has 0 radical (unpaired) electrons. The summed E-state index contributed by atoms with van der Waals surface area (Å²) in [6.45, 7) is 2.33. The van der Waals surface area contributed by atoms with Gasteiger partial charge in [-0.2, -0.15) is 5.10 Å². The number of rotatable bonds is 5. The Morgan fingerprint density at radius 2 is 2.44 bits per heavy atom. The molecule has 2 N–H and O–H groups in total. The van der Waals surface area contributed by atoms with Gasteiger partial charge in [0.1, 0.15) is 0 Å². The maximum absolute atomic E-state index is 12.1. The molecule has 6 heteroatoms. The SMILES string of the molecule is CC(NC(=O)N(CCO)C1CC1)c1cnn(C)c1. The van der Waals surface area contributed by atoms with Gasteiger partial charge in [0.15, 0.2) is 0 Å². The molecule has 18 heavy (non-hydrogen) atoms. The van der Waals surface area contributed by atoms with Crippen LogP contribution in [0.15, 0.2) is 12.4 Å². The lowest BCUT2D eigenvalue weighted by Gasteiger charge is -2.24. The lowest BCUT2D eigenvalue weighted by Crippen LogP contribution is -2.43. The Labute approximate surface area is 107 Å². The standard InChI is InChI=1S/C12H20N4O2/c1-9(10-7-13-15(2)8-10)14-12(18)16(5-6-17)11-3-4-11/h7-9,11,17H,3-6H2,1-2H3,(H,14,18). The second kappa shape index (κ2) is 5.39. The number of aliphatic hydroxyl groups is 1. The van der Waals surface area contributed by atoms with Crippen LogP contribution in [0.2, 0.25) is 0 Å². The zero-order chi connectivity index (χ0) is 13.1. The Morgan fingerprint density at radius 1 is 1.72 bits per heavy atom. The first kappa shape index (κ1) is 12.9. The largest absolute Gasteiger partial charge is 0.395 e. The van der Waals surface area contributed by atoms with Gasteiger partial charge in [0.2, 0.25) is 0 Å². The first-order chi connectivity index (χ1) is 8.61. The zero-order valence-electron chi connectivity index (χ0n) is 10.8. The molecule has 0 spiro atoms. The molecule has 1 aromatic rings. The van der Waals surface area contributed by atoms with Crippen molar-refractivity contribution in [2.45, 2.75) is 31.8 Å². The lowest BCUT2D eigenvalue weighted by molar-refractivity contribution is 0.171. The molecule has 1 aromatic heterocycles. The van der Waals surface area contributed by atoms with Crippen LogP contribution < -0.4 is 5.32 Å². The molecule has 0 aliphatic heterocycles. The van der Waals surface area contributed by atoms with Crippen LogP contribution in [0.4, 0.5) is 4.79 Å². The highest BCUT2D eigenvalue weighted by atomic mass is 16.3. The zero-order valence-corrected chi connectivity index (χ0v) is 10.8. The minimum absolute atomic E-state index is 0.00515. The molecule has 1 aliphatic carbocycles. The van der Waals surface area contributed by atoms with Crippen LogP contribution in [-0.2, 0) is 7.05 Å². The Morgan fingerprint density at radius 3 is 2.94 bits per heavy atom. The van der Waals surface area contributed by atoms with Crippen LogP contribution in [0.5, 0.6) is 0 Å². The van der Waals surface area contributed by atoms with Crippen molar-refractivity contribution in [2.24, 2.45) is 7.05 Å². The number of hydrogen-bond donors (Lipinski definition) is 2. The Bertz CT molecular complexity index is 414. The van der Waals surface area contributed by atoms with Crippen molar-refractivity contribution in [1.29, 1.82) is 0 Å². The summed E-state index contributed by atoms with van der Waals surface area (Å²) < 4.78 is 1.71. The molecular weight excluding hydrogens is 232 g/mol. The van der Waals surface area contributed by atoms with E-state index >= 15 is 0 Å². The van der Waals surface area contributed by atoms with Crippen molar-refractivity contribution in [1.82, 2.24) is 20.0 Å². The molecule has 0 bridgehead atoms. The number of carbonyl (C=O) groups is 1.